The molecule has 0 saturated carbocycles. The zero-order valence-corrected chi connectivity index (χ0v) is 17.7. The lowest BCUT2D eigenvalue weighted by Gasteiger charge is -2.24. The molecule has 2 N–H and O–H groups in total. The van der Waals surface area contributed by atoms with E-state index < -0.39 is 28.3 Å². The Labute approximate surface area is 181 Å². The van der Waals surface area contributed by atoms with Crippen LogP contribution in [0.4, 0.5) is 14.5 Å². The molecule has 0 bridgehead atoms. The molecule has 2 aromatic rings. The van der Waals surface area contributed by atoms with Crippen molar-refractivity contribution in [3.05, 3.63) is 57.8 Å². The van der Waals surface area contributed by atoms with E-state index >= 15 is 0 Å². The van der Waals surface area contributed by atoms with Crippen molar-refractivity contribution in [1.82, 2.24) is 15.8 Å². The van der Waals surface area contributed by atoms with Gasteiger partial charge >= 0.3 is 12.3 Å². The SMILES string of the molecule is CCS(=O)(=O)N(Cc1ccc(C(=O)NNC(=O)C(F)F)cn1)c1ccc(Cl)c(Cl)c1. The van der Waals surface area contributed by atoms with Crippen molar-refractivity contribution in [2.75, 3.05) is 10.1 Å². The zero-order valence-electron chi connectivity index (χ0n) is 15.4. The average molecular weight is 481 g/mol. The lowest BCUT2D eigenvalue weighted by atomic mass is 10.2. The highest BCUT2D eigenvalue weighted by Gasteiger charge is 2.22. The van der Waals surface area contributed by atoms with Gasteiger partial charge in [-0.3, -0.25) is 29.7 Å². The van der Waals surface area contributed by atoms with Gasteiger partial charge in [0.25, 0.3) is 5.91 Å². The molecule has 8 nitrogen and oxygen atoms in total. The highest BCUT2D eigenvalue weighted by molar-refractivity contribution is 7.92. The Morgan fingerprint density at radius 3 is 2.37 bits per heavy atom. The fraction of sp³-hybridized carbons (Fsp3) is 0.235. The van der Waals surface area contributed by atoms with E-state index in [1.807, 2.05) is 5.43 Å². The van der Waals surface area contributed by atoms with Gasteiger partial charge in [-0.2, -0.15) is 8.78 Å². The van der Waals surface area contributed by atoms with Crippen LogP contribution in [0.2, 0.25) is 10.0 Å². The van der Waals surface area contributed by atoms with Gasteiger partial charge in [-0.1, -0.05) is 23.2 Å². The van der Waals surface area contributed by atoms with E-state index in [9.17, 15) is 26.8 Å². The molecule has 0 aliphatic heterocycles. The molecule has 1 heterocycles. The van der Waals surface area contributed by atoms with Gasteiger partial charge in [0, 0.05) is 6.20 Å². The fourth-order valence-electron chi connectivity index (χ4n) is 2.19. The first kappa shape index (κ1) is 23.8. The largest absolute Gasteiger partial charge is 0.317 e. The lowest BCUT2D eigenvalue weighted by molar-refractivity contribution is -0.132. The van der Waals surface area contributed by atoms with Crippen LogP contribution in [0.1, 0.15) is 23.0 Å². The second-order valence-electron chi connectivity index (χ2n) is 5.79. The van der Waals surface area contributed by atoms with Crippen LogP contribution in [-0.2, 0) is 21.4 Å². The Bertz CT molecular complexity index is 1040. The molecule has 0 unspecified atom stereocenters. The highest BCUT2D eigenvalue weighted by Crippen LogP contribution is 2.29. The number of nitrogens with zero attached hydrogens (tertiary/aromatic N) is 2. The number of aromatic nitrogens is 1. The maximum Gasteiger partial charge on any atom is 0.317 e. The second-order valence-corrected chi connectivity index (χ2v) is 8.78. The van der Waals surface area contributed by atoms with Crippen LogP contribution < -0.4 is 15.2 Å². The van der Waals surface area contributed by atoms with Crippen LogP contribution in [0.3, 0.4) is 0 Å². The summed E-state index contributed by atoms with van der Waals surface area (Å²) in [5.41, 5.74) is 3.92. The van der Waals surface area contributed by atoms with Gasteiger partial charge in [-0.05, 0) is 37.3 Å². The topological polar surface area (TPSA) is 108 Å². The van der Waals surface area contributed by atoms with E-state index in [1.54, 1.807) is 5.43 Å². The van der Waals surface area contributed by atoms with E-state index in [0.29, 0.717) is 5.69 Å². The number of alkyl halides is 2. The predicted molar refractivity (Wildman–Crippen MR) is 108 cm³/mol. The number of halogens is 4. The molecular weight excluding hydrogens is 465 g/mol. The Morgan fingerprint density at radius 2 is 1.83 bits per heavy atom. The van der Waals surface area contributed by atoms with Crippen molar-refractivity contribution in [3.63, 3.8) is 0 Å². The van der Waals surface area contributed by atoms with E-state index in [-0.39, 0.29) is 33.6 Å². The smallest absolute Gasteiger partial charge is 0.267 e. The van der Waals surface area contributed by atoms with Crippen molar-refractivity contribution >= 4 is 50.7 Å². The summed E-state index contributed by atoms with van der Waals surface area (Å²) in [4.78, 5) is 26.7. The molecule has 0 aliphatic carbocycles. The zero-order chi connectivity index (χ0) is 22.5. The monoisotopic (exact) mass is 480 g/mol. The molecule has 0 saturated heterocycles. The Morgan fingerprint density at radius 1 is 1.13 bits per heavy atom. The summed E-state index contributed by atoms with van der Waals surface area (Å²) in [6.07, 6.45) is -2.16. The molecule has 1 aromatic heterocycles. The van der Waals surface area contributed by atoms with Crippen molar-refractivity contribution < 1.29 is 26.8 Å². The van der Waals surface area contributed by atoms with E-state index in [2.05, 4.69) is 4.98 Å². The third kappa shape index (κ3) is 6.00. The minimum Gasteiger partial charge on any atom is -0.267 e. The molecule has 13 heteroatoms. The molecule has 0 spiro atoms. The summed E-state index contributed by atoms with van der Waals surface area (Å²) >= 11 is 11.9. The molecule has 162 valence electrons. The van der Waals surface area contributed by atoms with E-state index in [4.69, 9.17) is 23.2 Å². The molecule has 0 aliphatic rings. The van der Waals surface area contributed by atoms with Crippen LogP contribution in [0.5, 0.6) is 0 Å². The number of nitrogens with one attached hydrogen (secondary N) is 2. The molecule has 2 rings (SSSR count). The first-order valence-corrected chi connectivity index (χ1v) is 10.7. The standard InChI is InChI=1S/C17H16Cl2F2N4O4S/c1-2-30(28,29)25(12-5-6-13(18)14(19)7-12)9-11-4-3-10(8-22-11)16(26)23-24-17(27)15(20)21/h3-8,15H,2,9H2,1H3,(H,23,26)(H,24,27). The number of rotatable bonds is 7. The second kappa shape index (κ2) is 10.0. The molecule has 0 atom stereocenters. The van der Waals surface area contributed by atoms with Gasteiger partial charge in [-0.15, -0.1) is 0 Å². The normalized spacial score (nSPS) is 11.3. The number of hydrazine groups is 1. The van der Waals surface area contributed by atoms with Gasteiger partial charge in [0.2, 0.25) is 10.0 Å². The van der Waals surface area contributed by atoms with Gasteiger partial charge in [-0.25, -0.2) is 8.42 Å². The summed E-state index contributed by atoms with van der Waals surface area (Å²) in [5, 5.41) is 0.443. The minimum absolute atomic E-state index is 0.0345. The number of amides is 2. The Hall–Kier alpha value is -2.50. The van der Waals surface area contributed by atoms with Gasteiger partial charge < -0.3 is 0 Å². The fourth-order valence-corrected chi connectivity index (χ4v) is 3.56. The number of carbonyl (C=O) groups is 2. The molecule has 1 aromatic carbocycles. The maximum atomic E-state index is 12.5. The quantitative estimate of drug-likeness (QED) is 0.592. The van der Waals surface area contributed by atoms with Crippen LogP contribution in [0.15, 0.2) is 36.5 Å². The Kier molecular flexibility index (Phi) is 7.93. The molecule has 0 radical (unpaired) electrons. The van der Waals surface area contributed by atoms with Crippen molar-refractivity contribution in [1.29, 1.82) is 0 Å². The number of sulfonamides is 1. The Balaban J connectivity index is 2.20. The highest BCUT2D eigenvalue weighted by atomic mass is 35.5. The van der Waals surface area contributed by atoms with Crippen LogP contribution in [0, 0.1) is 0 Å². The van der Waals surface area contributed by atoms with Gasteiger partial charge in [0.1, 0.15) is 0 Å². The number of carbonyl (C=O) groups excluding carboxylic acids is 2. The molecule has 30 heavy (non-hydrogen) atoms. The first-order valence-electron chi connectivity index (χ1n) is 8.34. The molecular formula is C17H16Cl2F2N4O4S. The minimum atomic E-state index is -3.70. The molecule has 2 amide bonds. The third-order valence-corrected chi connectivity index (χ3v) is 6.26. The van der Waals surface area contributed by atoms with E-state index in [0.717, 1.165) is 10.5 Å². The number of hydrogen-bond donors (Lipinski definition) is 2. The lowest BCUT2D eigenvalue weighted by Crippen LogP contribution is -2.44. The maximum absolute atomic E-state index is 12.5. The van der Waals surface area contributed by atoms with Crippen LogP contribution in [0.25, 0.3) is 0 Å². The number of hydrogen-bond acceptors (Lipinski definition) is 5. The number of anilines is 1. The third-order valence-electron chi connectivity index (χ3n) is 3.78. The van der Waals surface area contributed by atoms with Crippen molar-refractivity contribution in [2.24, 2.45) is 0 Å². The number of pyridine rings is 1. The summed E-state index contributed by atoms with van der Waals surface area (Å²) in [6.45, 7) is 1.33. The number of benzene rings is 1. The predicted octanol–water partition coefficient (Wildman–Crippen LogP) is 2.77. The summed E-state index contributed by atoms with van der Waals surface area (Å²) in [7, 11) is -3.70. The van der Waals surface area contributed by atoms with Crippen molar-refractivity contribution in [3.8, 4) is 0 Å². The van der Waals surface area contributed by atoms with Crippen molar-refractivity contribution in [2.45, 2.75) is 19.9 Å². The summed E-state index contributed by atoms with van der Waals surface area (Å²) in [5.74, 6) is -2.71. The average Bonchev–Trinajstić information content (AvgIpc) is 2.72. The summed E-state index contributed by atoms with van der Waals surface area (Å²) < 4.78 is 50.4. The van der Waals surface area contributed by atoms with Gasteiger partial charge in [0.15, 0.2) is 0 Å². The van der Waals surface area contributed by atoms with Crippen LogP contribution in [-0.4, -0.2) is 37.4 Å². The first-order chi connectivity index (χ1) is 14.0. The van der Waals surface area contributed by atoms with Gasteiger partial charge in [0.05, 0.1) is 39.3 Å². The molecule has 0 fully saturated rings. The summed E-state index contributed by atoms with van der Waals surface area (Å²) in [6, 6.07) is 7.06. The van der Waals surface area contributed by atoms with Crippen LogP contribution >= 0.6 is 23.2 Å². The van der Waals surface area contributed by atoms with E-state index in [1.165, 1.54) is 37.3 Å².